The number of hydrogen-bond acceptors (Lipinski definition) is 2. The molecule has 0 aliphatic heterocycles. The van der Waals surface area contributed by atoms with Crippen molar-refractivity contribution >= 4 is 0 Å². The first kappa shape index (κ1) is 13.9. The van der Waals surface area contributed by atoms with Crippen molar-refractivity contribution in [2.45, 2.75) is 52.5 Å². The highest BCUT2D eigenvalue weighted by molar-refractivity contribution is 4.77. The molecule has 0 aromatic heterocycles. The van der Waals surface area contributed by atoms with Crippen LogP contribution in [0.1, 0.15) is 47.0 Å². The van der Waals surface area contributed by atoms with E-state index in [2.05, 4.69) is 45.0 Å². The van der Waals surface area contributed by atoms with Crippen molar-refractivity contribution in [3.63, 3.8) is 0 Å². The van der Waals surface area contributed by atoms with Gasteiger partial charge in [0.2, 0.25) is 0 Å². The van der Waals surface area contributed by atoms with Crippen molar-refractivity contribution in [2.75, 3.05) is 26.7 Å². The van der Waals surface area contributed by atoms with Crippen LogP contribution in [-0.2, 0) is 0 Å². The Hall–Kier alpha value is -0.0800. The van der Waals surface area contributed by atoms with E-state index in [4.69, 9.17) is 0 Å². The highest BCUT2D eigenvalue weighted by Gasteiger charge is 2.19. The van der Waals surface area contributed by atoms with E-state index in [1.165, 1.54) is 19.3 Å². The van der Waals surface area contributed by atoms with Crippen LogP contribution < -0.4 is 5.32 Å². The maximum absolute atomic E-state index is 3.47. The van der Waals surface area contributed by atoms with Gasteiger partial charge in [-0.05, 0) is 40.3 Å². The van der Waals surface area contributed by atoms with Gasteiger partial charge in [0.1, 0.15) is 0 Å². The first-order valence-corrected chi connectivity index (χ1v) is 5.96. The summed E-state index contributed by atoms with van der Waals surface area (Å²) in [5.41, 5.74) is 0.340. The Morgan fingerprint density at radius 2 is 1.79 bits per heavy atom. The predicted molar refractivity (Wildman–Crippen MR) is 64.8 cm³/mol. The minimum atomic E-state index is 0.340. The van der Waals surface area contributed by atoms with Crippen LogP contribution in [0.5, 0.6) is 0 Å². The van der Waals surface area contributed by atoms with Crippen LogP contribution in [0.4, 0.5) is 0 Å². The minimum absolute atomic E-state index is 0.340. The number of likely N-dealkylation sites (N-methyl/N-ethyl adjacent to an activating group) is 1. The normalized spacial score (nSPS) is 12.4. The van der Waals surface area contributed by atoms with Gasteiger partial charge in [-0.1, -0.05) is 20.3 Å². The van der Waals surface area contributed by atoms with Gasteiger partial charge < -0.3 is 5.32 Å². The molecule has 0 aliphatic rings. The van der Waals surface area contributed by atoms with E-state index < -0.39 is 0 Å². The van der Waals surface area contributed by atoms with Crippen LogP contribution in [0.3, 0.4) is 0 Å². The first-order chi connectivity index (χ1) is 6.54. The first-order valence-electron chi connectivity index (χ1n) is 5.96. The molecule has 0 fully saturated rings. The lowest BCUT2D eigenvalue weighted by Crippen LogP contribution is -2.43. The quantitative estimate of drug-likeness (QED) is 0.606. The fourth-order valence-corrected chi connectivity index (χ4v) is 1.25. The molecule has 1 N–H and O–H groups in total. The Kier molecular flexibility index (Phi) is 7.20. The van der Waals surface area contributed by atoms with Crippen molar-refractivity contribution in [3.8, 4) is 0 Å². The number of hydrogen-bond donors (Lipinski definition) is 1. The zero-order valence-electron chi connectivity index (χ0n) is 10.7. The molecule has 0 saturated carbocycles. The Morgan fingerprint density at radius 1 is 1.14 bits per heavy atom. The molecule has 0 spiro atoms. The average Bonchev–Trinajstić information content (AvgIpc) is 2.17. The second-order valence-corrected chi connectivity index (χ2v) is 4.69. The molecule has 0 amide bonds. The monoisotopic (exact) mass is 200 g/mol. The van der Waals surface area contributed by atoms with E-state index in [-0.39, 0.29) is 0 Å². The summed E-state index contributed by atoms with van der Waals surface area (Å²) in [6.07, 6.45) is 3.78. The summed E-state index contributed by atoms with van der Waals surface area (Å²) in [7, 11) is 2.21. The van der Waals surface area contributed by atoms with E-state index in [0.717, 1.165) is 19.6 Å². The van der Waals surface area contributed by atoms with Gasteiger partial charge in [-0.2, -0.15) is 0 Å². The molecule has 0 bridgehead atoms. The maximum atomic E-state index is 3.47. The number of nitrogens with one attached hydrogen (secondary N) is 1. The van der Waals surface area contributed by atoms with Gasteiger partial charge in [0, 0.05) is 18.6 Å². The highest BCUT2D eigenvalue weighted by atomic mass is 15.2. The number of nitrogens with zero attached hydrogens (tertiary/aromatic N) is 1. The molecule has 0 atom stereocenters. The Bertz CT molecular complexity index is 132. The van der Waals surface area contributed by atoms with E-state index in [1.54, 1.807) is 0 Å². The molecule has 14 heavy (non-hydrogen) atoms. The molecular weight excluding hydrogens is 172 g/mol. The standard InChI is InChI=1S/C12H28N2/c1-6-8-9-13-10-11-14(5)12(3,4)7-2/h13H,6-11H2,1-5H3. The molecule has 0 aromatic rings. The summed E-state index contributed by atoms with van der Waals surface area (Å²) in [6.45, 7) is 12.5. The van der Waals surface area contributed by atoms with Crippen LogP contribution in [0.25, 0.3) is 0 Å². The third kappa shape index (κ3) is 5.61. The van der Waals surface area contributed by atoms with E-state index in [1.807, 2.05) is 0 Å². The Labute approximate surface area is 90.1 Å². The summed E-state index contributed by atoms with van der Waals surface area (Å²) in [5, 5.41) is 3.47. The summed E-state index contributed by atoms with van der Waals surface area (Å²) >= 11 is 0. The summed E-state index contributed by atoms with van der Waals surface area (Å²) in [5.74, 6) is 0. The lowest BCUT2D eigenvalue weighted by atomic mass is 10.0. The van der Waals surface area contributed by atoms with Crippen LogP contribution in [0.2, 0.25) is 0 Å². The molecule has 2 heteroatoms. The predicted octanol–water partition coefficient (Wildman–Crippen LogP) is 2.50. The van der Waals surface area contributed by atoms with Crippen LogP contribution in [0, 0.1) is 0 Å². The van der Waals surface area contributed by atoms with Gasteiger partial charge >= 0.3 is 0 Å². The largest absolute Gasteiger partial charge is 0.315 e. The third-order valence-corrected chi connectivity index (χ3v) is 3.23. The van der Waals surface area contributed by atoms with Gasteiger partial charge in [0.15, 0.2) is 0 Å². The van der Waals surface area contributed by atoms with Crippen molar-refractivity contribution < 1.29 is 0 Å². The maximum Gasteiger partial charge on any atom is 0.0148 e. The van der Waals surface area contributed by atoms with Gasteiger partial charge in [-0.3, -0.25) is 4.90 Å². The molecular formula is C12H28N2. The fraction of sp³-hybridized carbons (Fsp3) is 1.00. The molecule has 0 heterocycles. The van der Waals surface area contributed by atoms with Crippen LogP contribution in [0.15, 0.2) is 0 Å². The molecule has 0 radical (unpaired) electrons. The summed E-state index contributed by atoms with van der Waals surface area (Å²) in [4.78, 5) is 2.44. The molecule has 0 aromatic carbocycles. The smallest absolute Gasteiger partial charge is 0.0148 e. The van der Waals surface area contributed by atoms with Crippen molar-refractivity contribution in [2.24, 2.45) is 0 Å². The summed E-state index contributed by atoms with van der Waals surface area (Å²) < 4.78 is 0. The second kappa shape index (κ2) is 7.24. The summed E-state index contributed by atoms with van der Waals surface area (Å²) in [6, 6.07) is 0. The topological polar surface area (TPSA) is 15.3 Å². The van der Waals surface area contributed by atoms with Crippen molar-refractivity contribution in [3.05, 3.63) is 0 Å². The highest BCUT2D eigenvalue weighted by Crippen LogP contribution is 2.15. The van der Waals surface area contributed by atoms with E-state index >= 15 is 0 Å². The third-order valence-electron chi connectivity index (χ3n) is 3.23. The number of unbranched alkanes of at least 4 members (excludes halogenated alkanes) is 1. The second-order valence-electron chi connectivity index (χ2n) is 4.69. The lowest BCUT2D eigenvalue weighted by Gasteiger charge is -2.34. The minimum Gasteiger partial charge on any atom is -0.315 e. The molecule has 0 rings (SSSR count). The van der Waals surface area contributed by atoms with E-state index in [0.29, 0.717) is 5.54 Å². The molecule has 2 nitrogen and oxygen atoms in total. The van der Waals surface area contributed by atoms with Crippen LogP contribution >= 0.6 is 0 Å². The average molecular weight is 200 g/mol. The van der Waals surface area contributed by atoms with Gasteiger partial charge in [0.05, 0.1) is 0 Å². The molecule has 86 valence electrons. The van der Waals surface area contributed by atoms with Crippen LogP contribution in [-0.4, -0.2) is 37.1 Å². The zero-order chi connectivity index (χ0) is 11.0. The molecule has 0 saturated heterocycles. The van der Waals surface area contributed by atoms with Crippen molar-refractivity contribution in [1.82, 2.24) is 10.2 Å². The zero-order valence-corrected chi connectivity index (χ0v) is 10.7. The Balaban J connectivity index is 3.48. The van der Waals surface area contributed by atoms with Gasteiger partial charge in [0.25, 0.3) is 0 Å². The fourth-order valence-electron chi connectivity index (χ4n) is 1.25. The lowest BCUT2D eigenvalue weighted by molar-refractivity contribution is 0.152. The molecule has 0 aliphatic carbocycles. The van der Waals surface area contributed by atoms with Crippen molar-refractivity contribution in [1.29, 1.82) is 0 Å². The molecule has 0 unspecified atom stereocenters. The SMILES string of the molecule is CCCCNCCN(C)C(C)(C)CC. The van der Waals surface area contributed by atoms with E-state index in [9.17, 15) is 0 Å². The number of rotatable bonds is 8. The van der Waals surface area contributed by atoms with Gasteiger partial charge in [-0.25, -0.2) is 0 Å². The Morgan fingerprint density at radius 3 is 2.29 bits per heavy atom. The van der Waals surface area contributed by atoms with Gasteiger partial charge in [-0.15, -0.1) is 0 Å².